The van der Waals surface area contributed by atoms with Crippen LogP contribution in [0, 0.1) is 5.92 Å². The molecule has 15 heavy (non-hydrogen) atoms. The molecule has 86 valence electrons. The van der Waals surface area contributed by atoms with Crippen molar-refractivity contribution in [2.24, 2.45) is 5.92 Å². The highest BCUT2D eigenvalue weighted by Gasteiger charge is 2.30. The smallest absolute Gasteiger partial charge is 0.230 e. The normalized spacial score (nSPS) is 20.6. The van der Waals surface area contributed by atoms with Crippen LogP contribution >= 0.6 is 0 Å². The van der Waals surface area contributed by atoms with Crippen molar-refractivity contribution in [1.29, 1.82) is 0 Å². The Balaban J connectivity index is 2.10. The van der Waals surface area contributed by atoms with Crippen molar-refractivity contribution in [3.05, 3.63) is 0 Å². The molecule has 1 N–H and O–H groups in total. The number of nitrogens with one attached hydrogen (secondary N) is 1. The molecule has 0 heterocycles. The standard InChI is InChI=1S/C12H21NO2/c1-2-3-4-5-9-13-12(15)10-7-6-8-11(10)14/h10H,2-9H2,1H3,(H,13,15)/t10-/m1/s1. The second-order valence-electron chi connectivity index (χ2n) is 4.26. The van der Waals surface area contributed by atoms with Crippen molar-refractivity contribution < 1.29 is 9.59 Å². The van der Waals surface area contributed by atoms with E-state index in [2.05, 4.69) is 12.2 Å². The van der Waals surface area contributed by atoms with E-state index in [0.29, 0.717) is 6.42 Å². The topological polar surface area (TPSA) is 46.2 Å². The monoisotopic (exact) mass is 211 g/mol. The van der Waals surface area contributed by atoms with Gasteiger partial charge in [-0.2, -0.15) is 0 Å². The first kappa shape index (κ1) is 12.2. The van der Waals surface area contributed by atoms with Crippen LogP contribution in [0.2, 0.25) is 0 Å². The molecule has 3 nitrogen and oxygen atoms in total. The first-order valence-corrected chi connectivity index (χ1v) is 6.06. The summed E-state index contributed by atoms with van der Waals surface area (Å²) in [7, 11) is 0. The van der Waals surface area contributed by atoms with Crippen LogP contribution in [-0.2, 0) is 9.59 Å². The summed E-state index contributed by atoms with van der Waals surface area (Å²) < 4.78 is 0. The van der Waals surface area contributed by atoms with Crippen LogP contribution in [0.3, 0.4) is 0 Å². The summed E-state index contributed by atoms with van der Waals surface area (Å²) >= 11 is 0. The van der Waals surface area contributed by atoms with Crippen LogP contribution in [0.25, 0.3) is 0 Å². The zero-order valence-corrected chi connectivity index (χ0v) is 9.55. The highest BCUT2D eigenvalue weighted by molar-refractivity contribution is 6.02. The first-order chi connectivity index (χ1) is 7.25. The van der Waals surface area contributed by atoms with Crippen molar-refractivity contribution in [2.75, 3.05) is 6.54 Å². The molecule has 0 spiro atoms. The minimum Gasteiger partial charge on any atom is -0.355 e. The van der Waals surface area contributed by atoms with Gasteiger partial charge in [-0.25, -0.2) is 0 Å². The Labute approximate surface area is 91.6 Å². The predicted octanol–water partition coefficient (Wildman–Crippen LogP) is 2.05. The number of unbranched alkanes of at least 4 members (excludes halogenated alkanes) is 3. The van der Waals surface area contributed by atoms with Crippen LogP contribution in [0.1, 0.15) is 51.9 Å². The lowest BCUT2D eigenvalue weighted by Crippen LogP contribution is -2.33. The number of hydrogen-bond acceptors (Lipinski definition) is 2. The van der Waals surface area contributed by atoms with Gasteiger partial charge < -0.3 is 5.32 Å². The van der Waals surface area contributed by atoms with E-state index in [9.17, 15) is 9.59 Å². The average molecular weight is 211 g/mol. The van der Waals surface area contributed by atoms with Gasteiger partial charge in [-0.1, -0.05) is 26.2 Å². The fourth-order valence-corrected chi connectivity index (χ4v) is 1.98. The number of hydrogen-bond donors (Lipinski definition) is 1. The van der Waals surface area contributed by atoms with Crippen molar-refractivity contribution in [1.82, 2.24) is 5.32 Å². The lowest BCUT2D eigenvalue weighted by Gasteiger charge is -2.08. The van der Waals surface area contributed by atoms with Gasteiger partial charge in [0, 0.05) is 13.0 Å². The third-order valence-electron chi connectivity index (χ3n) is 2.95. The first-order valence-electron chi connectivity index (χ1n) is 6.06. The minimum atomic E-state index is -0.337. The van der Waals surface area contributed by atoms with Crippen molar-refractivity contribution in [3.8, 4) is 0 Å². The molecule has 1 aliphatic rings. The fraction of sp³-hybridized carbons (Fsp3) is 0.833. The summed E-state index contributed by atoms with van der Waals surface area (Å²) in [5.41, 5.74) is 0. The predicted molar refractivity (Wildman–Crippen MR) is 59.5 cm³/mol. The largest absolute Gasteiger partial charge is 0.355 e. The van der Waals surface area contributed by atoms with Gasteiger partial charge in [-0.3, -0.25) is 9.59 Å². The summed E-state index contributed by atoms with van der Waals surface area (Å²) in [5, 5.41) is 2.85. The zero-order valence-electron chi connectivity index (χ0n) is 9.55. The van der Waals surface area contributed by atoms with Gasteiger partial charge >= 0.3 is 0 Å². The van der Waals surface area contributed by atoms with Gasteiger partial charge in [-0.15, -0.1) is 0 Å². The Morgan fingerprint density at radius 2 is 2.20 bits per heavy atom. The van der Waals surface area contributed by atoms with Crippen molar-refractivity contribution in [3.63, 3.8) is 0 Å². The van der Waals surface area contributed by atoms with E-state index < -0.39 is 0 Å². The molecule has 1 aliphatic carbocycles. The molecule has 3 heteroatoms. The van der Waals surface area contributed by atoms with E-state index in [1.807, 2.05) is 0 Å². The van der Waals surface area contributed by atoms with E-state index in [1.54, 1.807) is 0 Å². The Bertz CT molecular complexity index is 226. The highest BCUT2D eigenvalue weighted by atomic mass is 16.2. The molecular formula is C12H21NO2. The Morgan fingerprint density at radius 1 is 1.40 bits per heavy atom. The minimum absolute atomic E-state index is 0.0472. The third-order valence-corrected chi connectivity index (χ3v) is 2.95. The molecule has 0 aromatic heterocycles. The molecule has 1 amide bonds. The highest BCUT2D eigenvalue weighted by Crippen LogP contribution is 2.21. The van der Waals surface area contributed by atoms with Crippen LogP contribution < -0.4 is 5.32 Å². The molecular weight excluding hydrogens is 190 g/mol. The molecule has 0 unspecified atom stereocenters. The van der Waals surface area contributed by atoms with Crippen LogP contribution in [0.15, 0.2) is 0 Å². The molecule has 0 aromatic rings. The summed E-state index contributed by atoms with van der Waals surface area (Å²) in [6.07, 6.45) is 6.84. The number of carbonyl (C=O) groups is 2. The fourth-order valence-electron chi connectivity index (χ4n) is 1.98. The maximum Gasteiger partial charge on any atom is 0.230 e. The molecule has 0 radical (unpaired) electrons. The summed E-state index contributed by atoms with van der Waals surface area (Å²) in [5.74, 6) is -0.258. The van der Waals surface area contributed by atoms with E-state index in [-0.39, 0.29) is 17.6 Å². The number of ketones is 1. The van der Waals surface area contributed by atoms with Gasteiger partial charge in [0.05, 0.1) is 5.92 Å². The number of amides is 1. The van der Waals surface area contributed by atoms with Crippen molar-refractivity contribution >= 4 is 11.7 Å². The Hall–Kier alpha value is -0.860. The van der Waals surface area contributed by atoms with Crippen LogP contribution in [-0.4, -0.2) is 18.2 Å². The Kier molecular flexibility index (Phi) is 5.37. The lowest BCUT2D eigenvalue weighted by molar-refractivity contribution is -0.132. The van der Waals surface area contributed by atoms with Gasteiger partial charge in [0.25, 0.3) is 0 Å². The molecule has 0 bridgehead atoms. The maximum atomic E-state index is 11.6. The molecule has 0 aromatic carbocycles. The number of carbonyl (C=O) groups excluding carboxylic acids is 2. The quantitative estimate of drug-likeness (QED) is 0.540. The molecule has 1 rings (SSSR count). The van der Waals surface area contributed by atoms with E-state index in [4.69, 9.17) is 0 Å². The zero-order chi connectivity index (χ0) is 11.1. The second-order valence-corrected chi connectivity index (χ2v) is 4.26. The van der Waals surface area contributed by atoms with E-state index in [0.717, 1.165) is 32.2 Å². The van der Waals surface area contributed by atoms with Crippen molar-refractivity contribution in [2.45, 2.75) is 51.9 Å². The van der Waals surface area contributed by atoms with Gasteiger partial charge in [0.1, 0.15) is 5.78 Å². The van der Waals surface area contributed by atoms with Crippen LogP contribution in [0.5, 0.6) is 0 Å². The number of Topliss-reactive ketones (excluding diaryl/α,β-unsaturated/α-hetero) is 1. The molecule has 0 aliphatic heterocycles. The number of rotatable bonds is 6. The maximum absolute atomic E-state index is 11.6. The molecule has 1 atom stereocenters. The molecule has 1 saturated carbocycles. The summed E-state index contributed by atoms with van der Waals surface area (Å²) in [6.45, 7) is 2.89. The molecule has 1 fully saturated rings. The molecule has 0 saturated heterocycles. The van der Waals surface area contributed by atoms with E-state index in [1.165, 1.54) is 12.8 Å². The second kappa shape index (κ2) is 6.59. The van der Waals surface area contributed by atoms with Gasteiger partial charge in [-0.05, 0) is 19.3 Å². The third kappa shape index (κ3) is 4.02. The van der Waals surface area contributed by atoms with E-state index >= 15 is 0 Å². The SMILES string of the molecule is CCCCCCNC(=O)[C@@H]1CCCC1=O. The van der Waals surface area contributed by atoms with Crippen LogP contribution in [0.4, 0.5) is 0 Å². The summed E-state index contributed by atoms with van der Waals surface area (Å²) in [6, 6.07) is 0. The summed E-state index contributed by atoms with van der Waals surface area (Å²) in [4.78, 5) is 22.8. The average Bonchev–Trinajstić information content (AvgIpc) is 2.64. The van der Waals surface area contributed by atoms with Gasteiger partial charge in [0.2, 0.25) is 5.91 Å². The Morgan fingerprint density at radius 3 is 2.80 bits per heavy atom. The lowest BCUT2D eigenvalue weighted by atomic mass is 10.1. The van der Waals surface area contributed by atoms with Gasteiger partial charge in [0.15, 0.2) is 0 Å².